The Morgan fingerprint density at radius 1 is 0.952 bits per heavy atom. The first-order chi connectivity index (χ1) is 9.72. The summed E-state index contributed by atoms with van der Waals surface area (Å²) < 4.78 is 0. The number of hydrogen-bond acceptors (Lipinski definition) is 2. The van der Waals surface area contributed by atoms with Crippen molar-refractivity contribution in [2.75, 3.05) is 0 Å². The second-order valence-electron chi connectivity index (χ2n) is 4.40. The maximum absolute atomic E-state index is 6.18. The summed E-state index contributed by atoms with van der Waals surface area (Å²) in [4.78, 5) is 4.66. The first-order valence-corrected chi connectivity index (χ1v) is 7.80. The van der Waals surface area contributed by atoms with E-state index in [-0.39, 0.29) is 17.0 Å². The molecule has 0 unspecified atom stereocenters. The topological polar surface area (TPSA) is 12.9 Å². The van der Waals surface area contributed by atoms with Crippen LogP contribution in [-0.2, 0) is 6.42 Å². The van der Waals surface area contributed by atoms with Crippen LogP contribution < -0.4 is 0 Å². The summed E-state index contributed by atoms with van der Waals surface area (Å²) >= 11 is 13.7. The number of hydrogen-bond donors (Lipinski definition) is 0. The van der Waals surface area contributed by atoms with Gasteiger partial charge in [-0.3, -0.25) is 0 Å². The minimum Gasteiger partial charge on any atom is -0.241 e. The van der Waals surface area contributed by atoms with E-state index >= 15 is 0 Å². The summed E-state index contributed by atoms with van der Waals surface area (Å²) in [6.45, 7) is 0. The van der Waals surface area contributed by atoms with Crippen LogP contribution in [-0.4, -0.2) is 4.98 Å². The van der Waals surface area contributed by atoms with Crippen molar-refractivity contribution in [1.29, 1.82) is 0 Å². The highest BCUT2D eigenvalue weighted by Gasteiger charge is 2.07. The molecule has 0 atom stereocenters. The molecule has 0 spiro atoms. The molecular weight excluding hydrogens is 389 g/mol. The van der Waals surface area contributed by atoms with Gasteiger partial charge in [-0.25, -0.2) is 4.98 Å². The molecular formula is C16H12BrCl2NS. The molecule has 0 fully saturated rings. The van der Waals surface area contributed by atoms with E-state index in [1.54, 1.807) is 11.3 Å². The second kappa shape index (κ2) is 7.41. The molecule has 0 aliphatic rings. The highest BCUT2D eigenvalue weighted by molar-refractivity contribution is 8.93. The Labute approximate surface area is 148 Å². The Bertz CT molecular complexity index is 725. The largest absolute Gasteiger partial charge is 0.241 e. The first-order valence-electron chi connectivity index (χ1n) is 6.16. The molecule has 0 aliphatic carbocycles. The fourth-order valence-corrected chi connectivity index (χ4v) is 3.10. The van der Waals surface area contributed by atoms with Gasteiger partial charge in [0, 0.05) is 27.4 Å². The van der Waals surface area contributed by atoms with Gasteiger partial charge in [0.15, 0.2) is 0 Å². The lowest BCUT2D eigenvalue weighted by atomic mass is 10.1. The van der Waals surface area contributed by atoms with Crippen LogP contribution in [0.1, 0.15) is 10.6 Å². The van der Waals surface area contributed by atoms with E-state index in [0.717, 1.165) is 38.3 Å². The van der Waals surface area contributed by atoms with Gasteiger partial charge in [0.05, 0.1) is 10.7 Å². The van der Waals surface area contributed by atoms with E-state index < -0.39 is 0 Å². The first kappa shape index (κ1) is 16.5. The summed E-state index contributed by atoms with van der Waals surface area (Å²) in [7, 11) is 0. The van der Waals surface area contributed by atoms with E-state index in [9.17, 15) is 0 Å². The van der Waals surface area contributed by atoms with Crippen LogP contribution in [0.25, 0.3) is 11.3 Å². The molecule has 1 nitrogen and oxygen atoms in total. The lowest BCUT2D eigenvalue weighted by molar-refractivity contribution is 1.14. The molecule has 0 radical (unpaired) electrons. The molecule has 2 aromatic carbocycles. The van der Waals surface area contributed by atoms with E-state index in [1.165, 1.54) is 0 Å². The average Bonchev–Trinajstić information content (AvgIpc) is 2.91. The molecule has 3 rings (SSSR count). The lowest BCUT2D eigenvalue weighted by Gasteiger charge is -2.00. The van der Waals surface area contributed by atoms with Crippen molar-refractivity contribution in [3.05, 3.63) is 74.5 Å². The lowest BCUT2D eigenvalue weighted by Crippen LogP contribution is -1.88. The van der Waals surface area contributed by atoms with Gasteiger partial charge in [0.2, 0.25) is 0 Å². The fraction of sp³-hybridized carbons (Fsp3) is 0.0625. The number of thiazole rings is 1. The minimum absolute atomic E-state index is 0. The van der Waals surface area contributed by atoms with Gasteiger partial charge < -0.3 is 0 Å². The van der Waals surface area contributed by atoms with Gasteiger partial charge in [-0.2, -0.15) is 0 Å². The molecule has 0 amide bonds. The molecule has 108 valence electrons. The SMILES string of the molecule is Br.Clc1ccc(-c2csc(Cc3ccccc3Cl)n2)cc1. The van der Waals surface area contributed by atoms with Crippen LogP contribution in [0.15, 0.2) is 53.9 Å². The number of aromatic nitrogens is 1. The van der Waals surface area contributed by atoms with Gasteiger partial charge in [0.1, 0.15) is 0 Å². The summed E-state index contributed by atoms with van der Waals surface area (Å²) in [6.07, 6.45) is 0.762. The highest BCUT2D eigenvalue weighted by atomic mass is 79.9. The molecule has 0 saturated carbocycles. The predicted molar refractivity (Wildman–Crippen MR) is 97.1 cm³/mol. The van der Waals surface area contributed by atoms with Crippen LogP contribution in [0.5, 0.6) is 0 Å². The summed E-state index contributed by atoms with van der Waals surface area (Å²) in [5.41, 5.74) is 3.16. The Morgan fingerprint density at radius 3 is 2.38 bits per heavy atom. The van der Waals surface area contributed by atoms with Crippen LogP contribution >= 0.6 is 51.5 Å². The number of nitrogens with zero attached hydrogens (tertiary/aromatic N) is 1. The zero-order valence-corrected chi connectivity index (χ0v) is 15.0. The zero-order chi connectivity index (χ0) is 13.9. The number of halogens is 3. The summed E-state index contributed by atoms with van der Waals surface area (Å²) in [5, 5.41) is 4.65. The van der Waals surface area contributed by atoms with Crippen LogP contribution in [0.2, 0.25) is 10.0 Å². The fourth-order valence-electron chi connectivity index (χ4n) is 1.95. The third kappa shape index (κ3) is 4.07. The predicted octanol–water partition coefficient (Wildman–Crippen LogP) is 6.29. The Hall–Kier alpha value is -0.870. The van der Waals surface area contributed by atoms with Crippen molar-refractivity contribution in [1.82, 2.24) is 4.98 Å². The highest BCUT2D eigenvalue weighted by Crippen LogP contribution is 2.26. The molecule has 0 saturated heterocycles. The van der Waals surface area contributed by atoms with Crippen molar-refractivity contribution in [2.24, 2.45) is 0 Å². The number of benzene rings is 2. The molecule has 3 aromatic rings. The van der Waals surface area contributed by atoms with E-state index in [0.29, 0.717) is 0 Å². The molecule has 0 aliphatic heterocycles. The van der Waals surface area contributed by atoms with Crippen molar-refractivity contribution < 1.29 is 0 Å². The standard InChI is InChI=1S/C16H11Cl2NS.BrH/c17-13-7-5-11(6-8-13)15-10-20-16(19-15)9-12-3-1-2-4-14(12)18;/h1-8,10H,9H2;1H. The maximum atomic E-state index is 6.18. The van der Waals surface area contributed by atoms with Gasteiger partial charge >= 0.3 is 0 Å². The second-order valence-corrected chi connectivity index (χ2v) is 6.19. The van der Waals surface area contributed by atoms with Crippen LogP contribution in [0, 0.1) is 0 Å². The third-order valence-electron chi connectivity index (χ3n) is 2.99. The van der Waals surface area contributed by atoms with Crippen molar-refractivity contribution >= 4 is 51.5 Å². The van der Waals surface area contributed by atoms with Crippen LogP contribution in [0.4, 0.5) is 0 Å². The van der Waals surface area contributed by atoms with Gasteiger partial charge in [-0.1, -0.05) is 53.5 Å². The van der Waals surface area contributed by atoms with Gasteiger partial charge in [0.25, 0.3) is 0 Å². The van der Waals surface area contributed by atoms with E-state index in [2.05, 4.69) is 10.4 Å². The Kier molecular flexibility index (Phi) is 5.82. The van der Waals surface area contributed by atoms with Crippen molar-refractivity contribution in [3.63, 3.8) is 0 Å². The summed E-state index contributed by atoms with van der Waals surface area (Å²) in [5.74, 6) is 0. The molecule has 5 heteroatoms. The van der Waals surface area contributed by atoms with Crippen molar-refractivity contribution in [3.8, 4) is 11.3 Å². The average molecular weight is 401 g/mol. The molecule has 1 heterocycles. The van der Waals surface area contributed by atoms with E-state index in [1.807, 2.05) is 48.5 Å². The monoisotopic (exact) mass is 399 g/mol. The van der Waals surface area contributed by atoms with Crippen molar-refractivity contribution in [2.45, 2.75) is 6.42 Å². The quantitative estimate of drug-likeness (QED) is 0.503. The molecule has 1 aromatic heterocycles. The zero-order valence-electron chi connectivity index (χ0n) is 10.9. The maximum Gasteiger partial charge on any atom is 0.0977 e. The normalized spacial score (nSPS) is 10.2. The summed E-state index contributed by atoms with van der Waals surface area (Å²) in [6, 6.07) is 15.6. The third-order valence-corrected chi connectivity index (χ3v) is 4.46. The van der Waals surface area contributed by atoms with Gasteiger partial charge in [-0.05, 0) is 23.8 Å². The number of rotatable bonds is 3. The smallest absolute Gasteiger partial charge is 0.0977 e. The van der Waals surface area contributed by atoms with Crippen LogP contribution in [0.3, 0.4) is 0 Å². The van der Waals surface area contributed by atoms with Gasteiger partial charge in [-0.15, -0.1) is 28.3 Å². The molecule has 0 bridgehead atoms. The minimum atomic E-state index is 0. The Morgan fingerprint density at radius 2 is 1.67 bits per heavy atom. The molecule has 0 N–H and O–H groups in total. The molecule has 21 heavy (non-hydrogen) atoms. The Balaban J connectivity index is 0.00000161. The van der Waals surface area contributed by atoms with E-state index in [4.69, 9.17) is 23.2 Å².